The first kappa shape index (κ1) is 16.4. The summed E-state index contributed by atoms with van der Waals surface area (Å²) < 4.78 is 0. The topological polar surface area (TPSA) is 0 Å². The van der Waals surface area contributed by atoms with Crippen LogP contribution in [0.5, 0.6) is 0 Å². The predicted octanol–water partition coefficient (Wildman–Crippen LogP) is 5.64. The summed E-state index contributed by atoms with van der Waals surface area (Å²) in [7, 11) is 0. The van der Waals surface area contributed by atoms with Crippen LogP contribution in [0.3, 0.4) is 0 Å². The van der Waals surface area contributed by atoms with E-state index < -0.39 is 0 Å². The Morgan fingerprint density at radius 2 is 1.50 bits per heavy atom. The monoisotopic (exact) mass is 242 g/mol. The van der Waals surface area contributed by atoms with Gasteiger partial charge in [0.25, 0.3) is 0 Å². The minimum Gasteiger partial charge on any atom is -0.103 e. The van der Waals surface area contributed by atoms with Gasteiger partial charge in [-0.1, -0.05) is 67.7 Å². The van der Waals surface area contributed by atoms with Crippen LogP contribution in [0.4, 0.5) is 0 Å². The fourth-order valence-electron chi connectivity index (χ4n) is 2.20. The Hall–Kier alpha value is -1.56. The minimum atomic E-state index is 0.383. The number of rotatable bonds is 9. The smallest absolute Gasteiger partial charge is 0.00476 e. The summed E-state index contributed by atoms with van der Waals surface area (Å²) in [6.07, 6.45) is 13.8. The van der Waals surface area contributed by atoms with Gasteiger partial charge < -0.3 is 0 Å². The summed E-state index contributed by atoms with van der Waals surface area (Å²) in [5, 5.41) is 0. The molecule has 0 aromatic rings. The molecule has 0 amide bonds. The zero-order valence-electron chi connectivity index (χ0n) is 11.9. The van der Waals surface area contributed by atoms with Gasteiger partial charge in [0.15, 0.2) is 0 Å². The first-order chi connectivity index (χ1) is 8.62. The molecular weight excluding hydrogens is 216 g/mol. The van der Waals surface area contributed by atoms with Crippen LogP contribution < -0.4 is 0 Å². The van der Waals surface area contributed by atoms with Gasteiger partial charge in [-0.2, -0.15) is 0 Å². The molecule has 0 aromatic heterocycles. The molecule has 2 unspecified atom stereocenters. The van der Waals surface area contributed by atoms with Crippen molar-refractivity contribution in [1.82, 2.24) is 0 Å². The quantitative estimate of drug-likeness (QED) is 0.363. The highest BCUT2D eigenvalue weighted by molar-refractivity contribution is 5.28. The van der Waals surface area contributed by atoms with E-state index in [0.717, 1.165) is 12.8 Å². The lowest BCUT2D eigenvalue weighted by molar-refractivity contribution is 0.579. The van der Waals surface area contributed by atoms with E-state index in [1.165, 1.54) is 11.1 Å². The van der Waals surface area contributed by atoms with Gasteiger partial charge in [-0.05, 0) is 25.7 Å². The van der Waals surface area contributed by atoms with Crippen LogP contribution in [0.25, 0.3) is 0 Å². The lowest BCUT2D eigenvalue weighted by atomic mass is 9.80. The Labute approximate surface area is 113 Å². The van der Waals surface area contributed by atoms with Gasteiger partial charge in [-0.15, -0.1) is 13.2 Å². The normalized spacial score (nSPS) is 15.7. The third-order valence-electron chi connectivity index (χ3n) is 3.13. The van der Waals surface area contributed by atoms with E-state index in [1.54, 1.807) is 0 Å². The van der Waals surface area contributed by atoms with E-state index in [1.807, 2.05) is 24.3 Å². The molecule has 0 heteroatoms. The van der Waals surface area contributed by atoms with E-state index >= 15 is 0 Å². The number of allylic oxidation sites excluding steroid dienone is 8. The summed E-state index contributed by atoms with van der Waals surface area (Å²) in [6.45, 7) is 19.7. The van der Waals surface area contributed by atoms with Crippen molar-refractivity contribution >= 4 is 0 Å². The summed E-state index contributed by atoms with van der Waals surface area (Å²) in [5.74, 6) is 0.854. The third-order valence-corrected chi connectivity index (χ3v) is 3.13. The molecular formula is C18H26. The lowest BCUT2D eigenvalue weighted by Crippen LogP contribution is -2.12. The zero-order valence-corrected chi connectivity index (χ0v) is 11.9. The van der Waals surface area contributed by atoms with E-state index in [-0.39, 0.29) is 0 Å². The van der Waals surface area contributed by atoms with Crippen molar-refractivity contribution in [2.24, 2.45) is 11.8 Å². The third kappa shape index (κ3) is 5.18. The van der Waals surface area contributed by atoms with Crippen LogP contribution in [0, 0.1) is 11.8 Å². The molecule has 98 valence electrons. The molecule has 0 aromatic carbocycles. The number of hydrogen-bond acceptors (Lipinski definition) is 0. The second-order valence-electron chi connectivity index (χ2n) is 4.55. The van der Waals surface area contributed by atoms with Gasteiger partial charge in [-0.3, -0.25) is 0 Å². The number of hydrogen-bond donors (Lipinski definition) is 0. The molecule has 0 saturated heterocycles. The average molecular weight is 242 g/mol. The van der Waals surface area contributed by atoms with Gasteiger partial charge in [0.2, 0.25) is 0 Å². The van der Waals surface area contributed by atoms with Gasteiger partial charge in [0.05, 0.1) is 0 Å². The molecule has 0 spiro atoms. The molecule has 0 saturated carbocycles. The van der Waals surface area contributed by atoms with Crippen molar-refractivity contribution in [3.8, 4) is 0 Å². The van der Waals surface area contributed by atoms with E-state index in [0.29, 0.717) is 11.8 Å². The first-order valence-electron chi connectivity index (χ1n) is 6.45. The molecule has 0 aliphatic rings. The largest absolute Gasteiger partial charge is 0.103 e. The zero-order chi connectivity index (χ0) is 14.0. The van der Waals surface area contributed by atoms with Crippen LogP contribution in [0.2, 0.25) is 0 Å². The Balaban J connectivity index is 5.35. The fraction of sp³-hybridized carbons (Fsp3) is 0.333. The first-order valence-corrected chi connectivity index (χ1v) is 6.45. The summed E-state index contributed by atoms with van der Waals surface area (Å²) in [4.78, 5) is 0. The molecule has 0 rings (SSSR count). The Bertz CT molecular complexity index is 352. The highest BCUT2D eigenvalue weighted by Crippen LogP contribution is 2.31. The van der Waals surface area contributed by atoms with Crippen molar-refractivity contribution in [1.29, 1.82) is 0 Å². The highest BCUT2D eigenvalue weighted by atomic mass is 14.2. The van der Waals surface area contributed by atoms with Gasteiger partial charge in [0, 0.05) is 5.92 Å². The predicted molar refractivity (Wildman–Crippen MR) is 84.5 cm³/mol. The molecule has 0 heterocycles. The molecule has 0 radical (unpaired) electrons. The van der Waals surface area contributed by atoms with Crippen molar-refractivity contribution in [3.05, 3.63) is 73.9 Å². The second kappa shape index (κ2) is 9.47. The molecule has 18 heavy (non-hydrogen) atoms. The molecule has 0 N–H and O–H groups in total. The molecule has 0 nitrogen and oxygen atoms in total. The maximum absolute atomic E-state index is 3.86. The van der Waals surface area contributed by atoms with Gasteiger partial charge >= 0.3 is 0 Å². The van der Waals surface area contributed by atoms with Crippen molar-refractivity contribution in [2.45, 2.75) is 26.7 Å². The van der Waals surface area contributed by atoms with Crippen LogP contribution in [0.1, 0.15) is 26.7 Å². The van der Waals surface area contributed by atoms with E-state index in [4.69, 9.17) is 0 Å². The molecule has 0 aliphatic carbocycles. The van der Waals surface area contributed by atoms with E-state index in [9.17, 15) is 0 Å². The Morgan fingerprint density at radius 1 is 0.944 bits per heavy atom. The Morgan fingerprint density at radius 3 is 1.94 bits per heavy atom. The van der Waals surface area contributed by atoms with Gasteiger partial charge in [-0.25, -0.2) is 0 Å². The highest BCUT2D eigenvalue weighted by Gasteiger charge is 2.18. The summed E-state index contributed by atoms with van der Waals surface area (Å²) in [6, 6.07) is 0. The molecule has 0 aliphatic heterocycles. The average Bonchev–Trinajstić information content (AvgIpc) is 2.34. The van der Waals surface area contributed by atoms with Gasteiger partial charge in [0.1, 0.15) is 0 Å². The van der Waals surface area contributed by atoms with E-state index in [2.05, 4.69) is 52.3 Å². The molecule has 2 atom stereocenters. The van der Waals surface area contributed by atoms with Crippen LogP contribution in [0.15, 0.2) is 73.9 Å². The van der Waals surface area contributed by atoms with Crippen LogP contribution in [-0.2, 0) is 0 Å². The van der Waals surface area contributed by atoms with Crippen molar-refractivity contribution in [2.75, 3.05) is 0 Å². The second-order valence-corrected chi connectivity index (χ2v) is 4.55. The standard InChI is InChI=1S/C18H26/c1-7-11-15(5)17(13-9-3)18(14-10-4)16(6)12-8-2/h7-11,14,16-17H,1-4,12-13H2,5-6H3. The summed E-state index contributed by atoms with van der Waals surface area (Å²) in [5.41, 5.74) is 2.70. The Kier molecular flexibility index (Phi) is 8.65. The summed E-state index contributed by atoms with van der Waals surface area (Å²) >= 11 is 0. The maximum Gasteiger partial charge on any atom is 0.00476 e. The van der Waals surface area contributed by atoms with Crippen molar-refractivity contribution < 1.29 is 0 Å². The van der Waals surface area contributed by atoms with Crippen LogP contribution in [-0.4, -0.2) is 0 Å². The minimum absolute atomic E-state index is 0.383. The SMILES string of the molecule is C=CC=C(C)C(CC=C)C(=CC=C)C(C)CC=C. The van der Waals surface area contributed by atoms with Crippen LogP contribution >= 0.6 is 0 Å². The molecule has 0 bridgehead atoms. The maximum atomic E-state index is 3.86. The molecule has 0 fully saturated rings. The lowest BCUT2D eigenvalue weighted by Gasteiger charge is -2.24. The van der Waals surface area contributed by atoms with Crippen molar-refractivity contribution in [3.63, 3.8) is 0 Å². The fourth-order valence-corrected chi connectivity index (χ4v) is 2.20.